The summed E-state index contributed by atoms with van der Waals surface area (Å²) in [5.74, 6) is 2.67. The van der Waals surface area contributed by atoms with Gasteiger partial charge in [0.25, 0.3) is 0 Å². The van der Waals surface area contributed by atoms with Crippen LogP contribution in [-0.4, -0.2) is 55.8 Å². The minimum absolute atomic E-state index is 0.609. The van der Waals surface area contributed by atoms with E-state index in [-0.39, 0.29) is 0 Å². The molecular formula is C34H43N6O4P2S2+3. The zero-order valence-electron chi connectivity index (χ0n) is 27.5. The minimum Gasteiger partial charge on any atom is -0.494 e. The van der Waals surface area contributed by atoms with Crippen molar-refractivity contribution in [2.24, 2.45) is 10.2 Å². The van der Waals surface area contributed by atoms with Gasteiger partial charge in [-0.15, -0.1) is 5.10 Å². The molecule has 0 amide bonds. The molecule has 0 spiro atoms. The first-order valence-corrected chi connectivity index (χ1v) is 20.3. The Kier molecular flexibility index (Phi) is 14.3. The molecule has 6 N–H and O–H groups in total. The van der Waals surface area contributed by atoms with E-state index < -0.39 is 13.7 Å². The molecule has 0 radical (unpaired) electrons. The molecule has 10 nitrogen and oxygen atoms in total. The number of quaternary nitrogens is 2. The van der Waals surface area contributed by atoms with Gasteiger partial charge in [-0.3, -0.25) is 4.52 Å². The van der Waals surface area contributed by atoms with Crippen LogP contribution < -0.4 is 29.8 Å². The quantitative estimate of drug-likeness (QED) is 0.0793. The summed E-state index contributed by atoms with van der Waals surface area (Å²) in [6.07, 6.45) is 5.23. The van der Waals surface area contributed by atoms with Crippen LogP contribution in [0.15, 0.2) is 107 Å². The molecule has 0 saturated heterocycles. The van der Waals surface area contributed by atoms with Crippen LogP contribution in [0.1, 0.15) is 29.2 Å². The molecule has 0 bridgehead atoms. The molecule has 48 heavy (non-hydrogen) atoms. The average Bonchev–Trinajstić information content (AvgIpc) is 3.09. The van der Waals surface area contributed by atoms with E-state index in [1.54, 1.807) is 36.1 Å². The third-order valence-corrected chi connectivity index (χ3v) is 11.5. The molecule has 0 heterocycles. The van der Waals surface area contributed by atoms with Crippen LogP contribution in [0.2, 0.25) is 0 Å². The summed E-state index contributed by atoms with van der Waals surface area (Å²) in [6, 6.07) is 30.8. The standard InChI is InChI=1S/C34H41N6O4P2S2/c1-4-41-31-13-9-29(10-14-31)25-37-39(2)45(47)42-32-15-11-30(12-16-32)26-38-40(3)46(48,43-33-17-5-27(6-18-33)21-23-35)44-34-19-7-28(8-20-34)22-24-36/h5-20,25-26H,4,21-24,35-36H2,1-3H3/q+1/p+2/b37-25-,38-26-. The van der Waals surface area contributed by atoms with Gasteiger partial charge in [0.15, 0.2) is 5.75 Å². The van der Waals surface area contributed by atoms with Crippen LogP contribution in [0, 0.1) is 0 Å². The van der Waals surface area contributed by atoms with Gasteiger partial charge in [0.2, 0.25) is 11.8 Å². The van der Waals surface area contributed by atoms with Crippen molar-refractivity contribution in [1.82, 2.24) is 9.56 Å². The van der Waals surface area contributed by atoms with Crippen LogP contribution >= 0.6 is 13.7 Å². The van der Waals surface area contributed by atoms with E-state index in [1.165, 1.54) is 11.1 Å². The van der Waals surface area contributed by atoms with Crippen molar-refractivity contribution in [1.29, 1.82) is 0 Å². The summed E-state index contributed by atoms with van der Waals surface area (Å²) in [5, 5.41) is 9.08. The maximum absolute atomic E-state index is 6.35. The Balaban J connectivity index is 1.41. The summed E-state index contributed by atoms with van der Waals surface area (Å²) < 4.78 is 27.4. The SMILES string of the molecule is CCOc1ccc(/C=N\N(C)[P+](=S)Oc2ccc(/C=N\N(C)P(=S)(Oc3ccc(CC[NH3+])cc3)Oc3ccc(CC[NH3+])cc3)cc2)cc1. The monoisotopic (exact) mass is 725 g/mol. The number of ether oxygens (including phenoxy) is 1. The normalized spacial score (nSPS) is 11.8. The lowest BCUT2D eigenvalue weighted by Gasteiger charge is -2.29. The second-order valence-electron chi connectivity index (χ2n) is 10.5. The average molecular weight is 726 g/mol. The Morgan fingerprint density at radius 1 is 0.688 bits per heavy atom. The van der Waals surface area contributed by atoms with Crippen molar-refractivity contribution in [2.45, 2.75) is 19.8 Å². The summed E-state index contributed by atoms with van der Waals surface area (Å²) in [6.45, 7) is 1.08. The van der Waals surface area contributed by atoms with E-state index in [1.807, 2.05) is 104 Å². The Hall–Kier alpha value is -3.89. The van der Waals surface area contributed by atoms with Crippen molar-refractivity contribution >= 4 is 49.8 Å². The van der Waals surface area contributed by atoms with Crippen LogP contribution in [0.3, 0.4) is 0 Å². The van der Waals surface area contributed by atoms with Gasteiger partial charge in [-0.05, 0) is 102 Å². The van der Waals surface area contributed by atoms with Gasteiger partial charge in [0, 0.05) is 31.7 Å². The summed E-state index contributed by atoms with van der Waals surface area (Å²) >= 11 is 11.6. The Labute approximate surface area is 294 Å². The minimum atomic E-state index is -3.14. The van der Waals surface area contributed by atoms with Crippen molar-refractivity contribution < 1.29 is 29.8 Å². The molecule has 0 aliphatic carbocycles. The van der Waals surface area contributed by atoms with Crippen molar-refractivity contribution in [3.05, 3.63) is 119 Å². The first kappa shape index (κ1) is 36.9. The fraction of sp³-hybridized carbons (Fsp3) is 0.235. The lowest BCUT2D eigenvalue weighted by atomic mass is 10.1. The molecule has 14 heteroatoms. The molecule has 0 aromatic heterocycles. The zero-order valence-corrected chi connectivity index (χ0v) is 30.9. The van der Waals surface area contributed by atoms with E-state index >= 15 is 0 Å². The second kappa shape index (κ2) is 18.6. The lowest BCUT2D eigenvalue weighted by molar-refractivity contribution is -0.367. The van der Waals surface area contributed by atoms with Crippen LogP contribution in [-0.2, 0) is 36.5 Å². The molecule has 0 aliphatic rings. The topological polar surface area (TPSA) is 123 Å². The Morgan fingerprint density at radius 2 is 1.12 bits per heavy atom. The molecule has 0 aliphatic heterocycles. The second-order valence-corrected chi connectivity index (χ2v) is 16.0. The molecule has 1 atom stereocenters. The summed E-state index contributed by atoms with van der Waals surface area (Å²) in [4.78, 5) is 0. The Morgan fingerprint density at radius 3 is 1.58 bits per heavy atom. The number of hydrogen-bond donors (Lipinski definition) is 2. The predicted molar refractivity (Wildman–Crippen MR) is 201 cm³/mol. The predicted octanol–water partition coefficient (Wildman–Crippen LogP) is 5.42. The van der Waals surface area contributed by atoms with Gasteiger partial charge in [0.1, 0.15) is 17.2 Å². The van der Waals surface area contributed by atoms with Crippen LogP contribution in [0.4, 0.5) is 0 Å². The van der Waals surface area contributed by atoms with Gasteiger partial charge >= 0.3 is 13.7 Å². The van der Waals surface area contributed by atoms with Crippen LogP contribution in [0.5, 0.6) is 23.0 Å². The highest BCUT2D eigenvalue weighted by Crippen LogP contribution is 2.51. The van der Waals surface area contributed by atoms with Gasteiger partial charge in [0.05, 0.1) is 39.2 Å². The third-order valence-electron chi connectivity index (χ3n) is 6.81. The van der Waals surface area contributed by atoms with Crippen molar-refractivity contribution in [3.63, 3.8) is 0 Å². The van der Waals surface area contributed by atoms with Gasteiger partial charge in [-0.1, -0.05) is 29.0 Å². The molecule has 252 valence electrons. The first-order valence-electron chi connectivity index (χ1n) is 15.5. The smallest absolute Gasteiger partial charge is 0.494 e. The molecule has 1 unspecified atom stereocenters. The fourth-order valence-electron chi connectivity index (χ4n) is 4.23. The van der Waals surface area contributed by atoms with Gasteiger partial charge in [-0.2, -0.15) is 5.10 Å². The molecule has 4 rings (SSSR count). The summed E-state index contributed by atoms with van der Waals surface area (Å²) in [5.41, 5.74) is 12.0. The number of rotatable bonds is 18. The number of nitrogens with zero attached hydrogens (tertiary/aromatic N) is 4. The highest BCUT2D eigenvalue weighted by Gasteiger charge is 2.29. The molecular weight excluding hydrogens is 682 g/mol. The first-order chi connectivity index (χ1) is 23.2. The van der Waals surface area contributed by atoms with Crippen molar-refractivity contribution in [3.8, 4) is 23.0 Å². The Bertz CT molecular complexity index is 1650. The molecule has 4 aromatic rings. The van der Waals surface area contributed by atoms with E-state index in [2.05, 4.69) is 21.7 Å². The lowest BCUT2D eigenvalue weighted by Crippen LogP contribution is -2.51. The molecule has 4 aromatic carbocycles. The zero-order chi connectivity index (χ0) is 34.4. The fourth-order valence-corrected chi connectivity index (χ4v) is 7.04. The highest BCUT2D eigenvalue weighted by molar-refractivity contribution is 8.09. The number of benzene rings is 4. The van der Waals surface area contributed by atoms with E-state index in [4.69, 9.17) is 41.9 Å². The van der Waals surface area contributed by atoms with Gasteiger partial charge in [-0.25, -0.2) is 4.78 Å². The van der Waals surface area contributed by atoms with E-state index in [9.17, 15) is 0 Å². The van der Waals surface area contributed by atoms with Crippen LogP contribution in [0.25, 0.3) is 0 Å². The molecule has 0 fully saturated rings. The number of hydrogen-bond acceptors (Lipinski definition) is 8. The molecule has 0 saturated carbocycles. The van der Waals surface area contributed by atoms with E-state index in [0.717, 1.165) is 42.8 Å². The van der Waals surface area contributed by atoms with E-state index in [0.29, 0.717) is 23.9 Å². The number of hydrazone groups is 2. The maximum atomic E-state index is 6.35. The summed E-state index contributed by atoms with van der Waals surface area (Å²) in [7, 11) is 2.13. The highest BCUT2D eigenvalue weighted by atomic mass is 32.5. The van der Waals surface area contributed by atoms with Gasteiger partial charge < -0.3 is 25.3 Å². The maximum Gasteiger partial charge on any atom is 0.540 e. The largest absolute Gasteiger partial charge is 0.540 e. The third kappa shape index (κ3) is 11.4. The van der Waals surface area contributed by atoms with Crippen molar-refractivity contribution in [2.75, 3.05) is 33.8 Å².